The molecule has 0 radical (unpaired) electrons. The summed E-state index contributed by atoms with van der Waals surface area (Å²) in [6, 6.07) is 0. The molecule has 0 N–H and O–H groups in total. The molecule has 0 aliphatic rings. The topological polar surface area (TPSA) is 12.4 Å². The minimum absolute atomic E-state index is 0.594. The van der Waals surface area contributed by atoms with Crippen LogP contribution in [-0.2, 0) is 0 Å². The number of aliphatic imine (C=N–C) groups is 1. The second-order valence-electron chi connectivity index (χ2n) is 2.75. The van der Waals surface area contributed by atoms with E-state index >= 15 is 0 Å². The van der Waals surface area contributed by atoms with E-state index in [0.717, 1.165) is 18.7 Å². The summed E-state index contributed by atoms with van der Waals surface area (Å²) >= 11 is 0. The number of alkyl halides is 3. The van der Waals surface area contributed by atoms with Gasteiger partial charge in [-0.2, -0.15) is 13.2 Å². The van der Waals surface area contributed by atoms with Crippen molar-refractivity contribution in [1.29, 1.82) is 0 Å². The van der Waals surface area contributed by atoms with Crippen LogP contribution < -0.4 is 0 Å². The molecule has 1 nitrogen and oxygen atoms in total. The first kappa shape index (κ1) is 12.9. The van der Waals surface area contributed by atoms with E-state index in [1.807, 2.05) is 6.92 Å². The van der Waals surface area contributed by atoms with Gasteiger partial charge in [0, 0.05) is 11.9 Å². The predicted molar refractivity (Wildman–Crippen MR) is 52.4 cm³/mol. The fourth-order valence-corrected chi connectivity index (χ4v) is 0.831. The summed E-state index contributed by atoms with van der Waals surface area (Å²) in [6.07, 6.45) is 0.0650. The molecular formula is C10H14F3N. The van der Waals surface area contributed by atoms with E-state index in [2.05, 4.69) is 4.99 Å². The Labute approximate surface area is 82.0 Å². The summed E-state index contributed by atoms with van der Waals surface area (Å²) in [5, 5.41) is 0. The van der Waals surface area contributed by atoms with E-state index in [9.17, 15) is 13.2 Å². The average molecular weight is 205 g/mol. The molecule has 4 heteroatoms. The lowest BCUT2D eigenvalue weighted by atomic mass is 10.2. The van der Waals surface area contributed by atoms with Gasteiger partial charge in [0.25, 0.3) is 0 Å². The van der Waals surface area contributed by atoms with Crippen molar-refractivity contribution in [2.75, 3.05) is 0 Å². The molecule has 0 saturated carbocycles. The van der Waals surface area contributed by atoms with E-state index in [4.69, 9.17) is 0 Å². The van der Waals surface area contributed by atoms with E-state index in [0.29, 0.717) is 5.70 Å². The van der Waals surface area contributed by atoms with Crippen molar-refractivity contribution in [3.63, 3.8) is 0 Å². The van der Waals surface area contributed by atoms with Gasteiger partial charge < -0.3 is 0 Å². The lowest BCUT2D eigenvalue weighted by Gasteiger charge is -2.05. The average Bonchev–Trinajstić information content (AvgIpc) is 2.03. The Morgan fingerprint density at radius 2 is 1.93 bits per heavy atom. The maximum Gasteiger partial charge on any atom is 0.417 e. The highest BCUT2D eigenvalue weighted by Gasteiger charge is 2.31. The van der Waals surface area contributed by atoms with Crippen LogP contribution in [-0.4, -0.2) is 12.4 Å². The highest BCUT2D eigenvalue weighted by molar-refractivity contribution is 5.80. The van der Waals surface area contributed by atoms with Crippen molar-refractivity contribution >= 4 is 6.21 Å². The molecule has 0 aliphatic heterocycles. The lowest BCUT2D eigenvalue weighted by molar-refractivity contribution is -0.0857. The number of allylic oxidation sites excluding steroid dienone is 4. The zero-order chi connectivity index (χ0) is 11.2. The fraction of sp³-hybridized carbons (Fsp3) is 0.500. The summed E-state index contributed by atoms with van der Waals surface area (Å²) in [6.45, 7) is 4.91. The molecule has 0 aromatic heterocycles. The van der Waals surface area contributed by atoms with Crippen LogP contribution in [0.4, 0.5) is 13.2 Å². The Morgan fingerprint density at radius 3 is 2.29 bits per heavy atom. The Hall–Kier alpha value is -1.06. The van der Waals surface area contributed by atoms with Gasteiger partial charge in [0.2, 0.25) is 0 Å². The summed E-state index contributed by atoms with van der Waals surface area (Å²) < 4.78 is 36.5. The van der Waals surface area contributed by atoms with Crippen molar-refractivity contribution in [3.05, 3.63) is 23.4 Å². The second kappa shape index (κ2) is 5.62. The smallest absolute Gasteiger partial charge is 0.261 e. The van der Waals surface area contributed by atoms with Gasteiger partial charge in [-0.3, -0.25) is 4.99 Å². The monoisotopic (exact) mass is 205 g/mol. The molecular weight excluding hydrogens is 191 g/mol. The van der Waals surface area contributed by atoms with Crippen molar-refractivity contribution < 1.29 is 13.2 Å². The predicted octanol–water partition coefficient (Wildman–Crippen LogP) is 3.88. The van der Waals surface area contributed by atoms with E-state index in [1.165, 1.54) is 6.92 Å². The lowest BCUT2D eigenvalue weighted by Crippen LogP contribution is -2.12. The maximum atomic E-state index is 12.2. The van der Waals surface area contributed by atoms with Crippen molar-refractivity contribution in [1.82, 2.24) is 0 Å². The van der Waals surface area contributed by atoms with Crippen LogP contribution >= 0.6 is 0 Å². The van der Waals surface area contributed by atoms with E-state index < -0.39 is 11.7 Å². The minimum Gasteiger partial charge on any atom is -0.261 e. The molecule has 0 amide bonds. The summed E-state index contributed by atoms with van der Waals surface area (Å²) in [4.78, 5) is 3.70. The van der Waals surface area contributed by atoms with Crippen LogP contribution in [0.3, 0.4) is 0 Å². The quantitative estimate of drug-likeness (QED) is 0.620. The van der Waals surface area contributed by atoms with Gasteiger partial charge in [-0.15, -0.1) is 0 Å². The molecule has 0 aliphatic carbocycles. The minimum atomic E-state index is -4.31. The summed E-state index contributed by atoms with van der Waals surface area (Å²) in [5.74, 6) is 0. The van der Waals surface area contributed by atoms with Crippen LogP contribution in [0.2, 0.25) is 0 Å². The van der Waals surface area contributed by atoms with Crippen LogP contribution in [0.5, 0.6) is 0 Å². The molecule has 0 unspecified atom stereocenters. The molecule has 0 bridgehead atoms. The van der Waals surface area contributed by atoms with Gasteiger partial charge in [0.1, 0.15) is 0 Å². The molecule has 80 valence electrons. The maximum absolute atomic E-state index is 12.2. The van der Waals surface area contributed by atoms with Gasteiger partial charge in [-0.05, 0) is 20.3 Å². The van der Waals surface area contributed by atoms with Gasteiger partial charge in [0.05, 0.1) is 5.57 Å². The molecule has 0 fully saturated rings. The zero-order valence-electron chi connectivity index (χ0n) is 8.52. The molecule has 0 aromatic rings. The van der Waals surface area contributed by atoms with Crippen molar-refractivity contribution in [2.45, 2.75) is 33.4 Å². The van der Waals surface area contributed by atoms with Crippen LogP contribution in [0.25, 0.3) is 0 Å². The molecule has 0 rings (SSSR count). The third-order valence-electron chi connectivity index (χ3n) is 1.55. The van der Waals surface area contributed by atoms with E-state index in [1.54, 1.807) is 13.0 Å². The Morgan fingerprint density at radius 1 is 1.36 bits per heavy atom. The zero-order valence-corrected chi connectivity index (χ0v) is 8.52. The number of nitrogens with zero attached hydrogens (tertiary/aromatic N) is 1. The fourth-order valence-electron chi connectivity index (χ4n) is 0.831. The number of hydrogen-bond acceptors (Lipinski definition) is 1. The highest BCUT2D eigenvalue weighted by atomic mass is 19.4. The summed E-state index contributed by atoms with van der Waals surface area (Å²) in [7, 11) is 0. The first-order valence-electron chi connectivity index (χ1n) is 4.36. The van der Waals surface area contributed by atoms with Gasteiger partial charge in [0.15, 0.2) is 0 Å². The summed E-state index contributed by atoms with van der Waals surface area (Å²) in [5.41, 5.74) is -0.127. The number of halogens is 3. The second-order valence-corrected chi connectivity index (χ2v) is 2.75. The largest absolute Gasteiger partial charge is 0.417 e. The van der Waals surface area contributed by atoms with Crippen LogP contribution in [0, 0.1) is 0 Å². The van der Waals surface area contributed by atoms with Crippen LogP contribution in [0.15, 0.2) is 28.4 Å². The molecule has 0 spiro atoms. The molecule has 0 heterocycles. The first-order valence-corrected chi connectivity index (χ1v) is 4.36. The number of hydrogen-bond donors (Lipinski definition) is 0. The Balaban J connectivity index is 4.58. The van der Waals surface area contributed by atoms with E-state index in [-0.39, 0.29) is 0 Å². The molecule has 14 heavy (non-hydrogen) atoms. The Bertz CT molecular complexity index is 259. The normalized spacial score (nSPS) is 15.3. The molecule has 0 atom stereocenters. The third kappa shape index (κ3) is 4.84. The first-order chi connectivity index (χ1) is 6.41. The molecule has 0 aromatic carbocycles. The van der Waals surface area contributed by atoms with Gasteiger partial charge in [-0.25, -0.2) is 0 Å². The van der Waals surface area contributed by atoms with Crippen molar-refractivity contribution in [2.24, 2.45) is 4.99 Å². The Kier molecular flexibility index (Phi) is 5.20. The van der Waals surface area contributed by atoms with Gasteiger partial charge >= 0.3 is 6.18 Å². The molecule has 0 saturated heterocycles. The number of rotatable bonds is 3. The van der Waals surface area contributed by atoms with Crippen molar-refractivity contribution in [3.8, 4) is 0 Å². The van der Waals surface area contributed by atoms with Gasteiger partial charge in [-0.1, -0.05) is 19.1 Å². The third-order valence-corrected chi connectivity index (χ3v) is 1.55. The van der Waals surface area contributed by atoms with Crippen LogP contribution in [0.1, 0.15) is 27.2 Å². The highest BCUT2D eigenvalue weighted by Crippen LogP contribution is 2.24. The SMILES string of the molecule is C\C=C(/C=N\C(C)=C/CC)C(F)(F)F. The standard InChI is InChI=1S/C10H14F3N/c1-4-6-8(3)14-7-9(5-2)10(11,12)13/h5-7H,4H2,1-3H3/b8-6-,9-5+,14-7-.